The molecule has 0 radical (unpaired) electrons. The fraction of sp³-hybridized carbons (Fsp3) is 0.250. The van der Waals surface area contributed by atoms with Crippen LogP contribution in [-0.2, 0) is 4.79 Å². The lowest BCUT2D eigenvalue weighted by Gasteiger charge is -2.22. The summed E-state index contributed by atoms with van der Waals surface area (Å²) in [6, 6.07) is 9.31. The number of urea groups is 1. The first-order chi connectivity index (χ1) is 11.0. The number of carbonyl (C=O) groups excluding carboxylic acids is 2. The summed E-state index contributed by atoms with van der Waals surface area (Å²) in [6.07, 6.45) is 0.793. The van der Waals surface area contributed by atoms with Gasteiger partial charge in [0.1, 0.15) is 0 Å². The topological polar surface area (TPSA) is 93.7 Å². The van der Waals surface area contributed by atoms with Crippen molar-refractivity contribution >= 4 is 17.6 Å². The molecule has 0 aliphatic carbocycles. The Hall–Kier alpha value is -2.96. The molecule has 0 aromatic heterocycles. The van der Waals surface area contributed by atoms with Crippen molar-refractivity contribution in [2.75, 3.05) is 18.0 Å². The second-order valence-corrected chi connectivity index (χ2v) is 5.52. The fourth-order valence-electron chi connectivity index (χ4n) is 2.72. The number of aliphatic hydroxyl groups is 1. The van der Waals surface area contributed by atoms with Gasteiger partial charge in [-0.25, -0.2) is 4.79 Å². The maximum atomic E-state index is 12.3. The second-order valence-electron chi connectivity index (χ2n) is 5.52. The Morgan fingerprint density at radius 3 is 2.78 bits per heavy atom. The normalized spacial score (nSPS) is 21.0. The van der Waals surface area contributed by atoms with Crippen molar-refractivity contribution in [1.29, 1.82) is 0 Å². The summed E-state index contributed by atoms with van der Waals surface area (Å²) in [5.74, 6) is -0.863. The largest absolute Gasteiger partial charge is 0.504 e. The van der Waals surface area contributed by atoms with Gasteiger partial charge in [-0.15, -0.1) is 0 Å². The number of amides is 3. The van der Waals surface area contributed by atoms with E-state index in [2.05, 4.69) is 27.4 Å². The van der Waals surface area contributed by atoms with Crippen molar-refractivity contribution < 1.29 is 14.7 Å². The Balaban J connectivity index is 1.64. The molecule has 120 valence electrons. The van der Waals surface area contributed by atoms with Crippen LogP contribution >= 0.6 is 0 Å². The van der Waals surface area contributed by atoms with Crippen molar-refractivity contribution in [3.63, 3.8) is 0 Å². The van der Waals surface area contributed by atoms with E-state index in [9.17, 15) is 14.7 Å². The predicted molar refractivity (Wildman–Crippen MR) is 85.7 cm³/mol. The molecule has 1 aromatic rings. The van der Waals surface area contributed by atoms with Gasteiger partial charge in [0.2, 0.25) is 0 Å². The molecule has 4 N–H and O–H groups in total. The number of hydrogen-bond acceptors (Lipinski definition) is 4. The number of aliphatic hydroxyl groups excluding tert-OH is 1. The van der Waals surface area contributed by atoms with E-state index < -0.39 is 11.9 Å². The lowest BCUT2D eigenvalue weighted by molar-refractivity contribution is -0.118. The van der Waals surface area contributed by atoms with E-state index in [1.807, 2.05) is 30.3 Å². The van der Waals surface area contributed by atoms with Gasteiger partial charge in [0.15, 0.2) is 11.5 Å². The second kappa shape index (κ2) is 6.04. The highest BCUT2D eigenvalue weighted by molar-refractivity contribution is 6.00. The van der Waals surface area contributed by atoms with Gasteiger partial charge in [-0.3, -0.25) is 10.1 Å². The van der Waals surface area contributed by atoms with Gasteiger partial charge >= 0.3 is 6.03 Å². The first-order valence-electron chi connectivity index (χ1n) is 7.36. The van der Waals surface area contributed by atoms with E-state index in [4.69, 9.17) is 0 Å². The molecule has 0 unspecified atom stereocenters. The number of benzene rings is 1. The van der Waals surface area contributed by atoms with Gasteiger partial charge in [0, 0.05) is 24.8 Å². The van der Waals surface area contributed by atoms with Crippen molar-refractivity contribution in [3.05, 3.63) is 54.1 Å². The Labute approximate surface area is 133 Å². The summed E-state index contributed by atoms with van der Waals surface area (Å²) in [7, 11) is 0. The van der Waals surface area contributed by atoms with E-state index in [0.29, 0.717) is 6.54 Å². The lowest BCUT2D eigenvalue weighted by Crippen LogP contribution is -2.47. The standard InChI is InChI=1S/C16H18N4O3/c1-10-14(21)13(19-16(23)17-10)15(22)18-11-7-8-20(9-11)12-5-3-2-4-6-12/h2-6,11,21H,1,7-9H2,(H,18,22)(H2,17,19,23)/t11-/m0/s1. The maximum Gasteiger partial charge on any atom is 0.324 e. The third-order valence-corrected chi connectivity index (χ3v) is 3.90. The van der Waals surface area contributed by atoms with E-state index >= 15 is 0 Å². The Morgan fingerprint density at radius 1 is 1.30 bits per heavy atom. The average molecular weight is 314 g/mol. The molecule has 2 aliphatic rings. The first kappa shape index (κ1) is 15.0. The Kier molecular flexibility index (Phi) is 3.92. The molecular weight excluding hydrogens is 296 g/mol. The molecule has 7 heteroatoms. The Bertz CT molecular complexity index is 684. The molecule has 1 atom stereocenters. The number of carbonyl (C=O) groups is 2. The van der Waals surface area contributed by atoms with Crippen LogP contribution in [0.1, 0.15) is 6.42 Å². The van der Waals surface area contributed by atoms with Crippen LogP contribution in [0.4, 0.5) is 10.5 Å². The van der Waals surface area contributed by atoms with Crippen molar-refractivity contribution in [1.82, 2.24) is 16.0 Å². The van der Waals surface area contributed by atoms with Crippen LogP contribution in [0.5, 0.6) is 0 Å². The summed E-state index contributed by atoms with van der Waals surface area (Å²) in [6.45, 7) is 5.01. The highest BCUT2D eigenvalue weighted by Crippen LogP contribution is 2.20. The SMILES string of the molecule is C=C1NC(=O)NC(C(=O)N[C@H]2CCN(c3ccccc3)C2)=C1O. The molecule has 2 aliphatic heterocycles. The van der Waals surface area contributed by atoms with Crippen molar-refractivity contribution in [3.8, 4) is 0 Å². The molecule has 23 heavy (non-hydrogen) atoms. The smallest absolute Gasteiger partial charge is 0.324 e. The van der Waals surface area contributed by atoms with Gasteiger partial charge in [-0.2, -0.15) is 0 Å². The van der Waals surface area contributed by atoms with Crippen molar-refractivity contribution in [2.45, 2.75) is 12.5 Å². The van der Waals surface area contributed by atoms with Crippen LogP contribution in [0.3, 0.4) is 0 Å². The predicted octanol–water partition coefficient (Wildman–Crippen LogP) is 0.978. The van der Waals surface area contributed by atoms with Crippen LogP contribution in [0, 0.1) is 0 Å². The van der Waals surface area contributed by atoms with Crippen LogP contribution in [0.15, 0.2) is 54.1 Å². The Morgan fingerprint density at radius 2 is 2.04 bits per heavy atom. The van der Waals surface area contributed by atoms with Crippen molar-refractivity contribution in [2.24, 2.45) is 0 Å². The quantitative estimate of drug-likeness (QED) is 0.669. The summed E-state index contributed by atoms with van der Waals surface area (Å²) in [5.41, 5.74) is 0.947. The zero-order valence-electron chi connectivity index (χ0n) is 12.5. The molecule has 3 amide bonds. The summed E-state index contributed by atoms with van der Waals surface area (Å²) in [4.78, 5) is 25.8. The minimum atomic E-state index is -0.588. The molecule has 1 fully saturated rings. The monoisotopic (exact) mass is 314 g/mol. The number of nitrogens with one attached hydrogen (secondary N) is 3. The number of para-hydroxylation sites is 1. The zero-order valence-corrected chi connectivity index (χ0v) is 12.5. The molecular formula is C16H18N4O3. The minimum Gasteiger partial charge on any atom is -0.504 e. The molecule has 0 bridgehead atoms. The van der Waals surface area contributed by atoms with E-state index in [1.54, 1.807) is 0 Å². The number of anilines is 1. The minimum absolute atomic E-state index is 0.0104. The van der Waals surface area contributed by atoms with Crippen LogP contribution in [0.25, 0.3) is 0 Å². The molecule has 0 saturated carbocycles. The fourth-order valence-corrected chi connectivity index (χ4v) is 2.72. The van der Waals surface area contributed by atoms with Gasteiger partial charge in [-0.1, -0.05) is 24.8 Å². The molecule has 1 aromatic carbocycles. The molecule has 0 spiro atoms. The first-order valence-corrected chi connectivity index (χ1v) is 7.36. The summed E-state index contributed by atoms with van der Waals surface area (Å²) < 4.78 is 0. The van der Waals surface area contributed by atoms with Gasteiger partial charge < -0.3 is 20.6 Å². The van der Waals surface area contributed by atoms with Crippen LogP contribution in [-0.4, -0.2) is 36.2 Å². The van der Waals surface area contributed by atoms with Gasteiger partial charge in [0.25, 0.3) is 5.91 Å². The summed E-state index contributed by atoms with van der Waals surface area (Å²) in [5, 5.41) is 17.3. The average Bonchev–Trinajstić information content (AvgIpc) is 3.00. The van der Waals surface area contributed by atoms with Gasteiger partial charge in [0.05, 0.1) is 5.70 Å². The van der Waals surface area contributed by atoms with E-state index in [-0.39, 0.29) is 23.2 Å². The third-order valence-electron chi connectivity index (χ3n) is 3.90. The van der Waals surface area contributed by atoms with Gasteiger partial charge in [-0.05, 0) is 18.6 Å². The number of rotatable bonds is 3. The highest BCUT2D eigenvalue weighted by Gasteiger charge is 2.29. The molecule has 1 saturated heterocycles. The molecule has 7 nitrogen and oxygen atoms in total. The number of nitrogens with zero attached hydrogens (tertiary/aromatic N) is 1. The number of hydrogen-bond donors (Lipinski definition) is 4. The zero-order chi connectivity index (χ0) is 16.4. The molecule has 2 heterocycles. The van der Waals surface area contributed by atoms with E-state index in [0.717, 1.165) is 18.7 Å². The maximum absolute atomic E-state index is 12.3. The van der Waals surface area contributed by atoms with E-state index in [1.165, 1.54) is 0 Å². The van der Waals surface area contributed by atoms with Crippen LogP contribution in [0.2, 0.25) is 0 Å². The molecule has 3 rings (SSSR count). The summed E-state index contributed by atoms with van der Waals surface area (Å²) >= 11 is 0. The highest BCUT2D eigenvalue weighted by atomic mass is 16.3. The lowest BCUT2D eigenvalue weighted by atomic mass is 10.2. The van der Waals surface area contributed by atoms with Crippen LogP contribution < -0.4 is 20.9 Å². The third kappa shape index (κ3) is 3.13.